The maximum absolute atomic E-state index is 12.6. The van der Waals surface area contributed by atoms with E-state index in [1.54, 1.807) is 15.5 Å². The molecule has 2 fully saturated rings. The molecule has 0 saturated carbocycles. The van der Waals surface area contributed by atoms with Gasteiger partial charge in [-0.25, -0.2) is 0 Å². The number of hydrogen-bond donors (Lipinski definition) is 0. The lowest BCUT2D eigenvalue weighted by Gasteiger charge is -2.38. The fraction of sp³-hybridized carbons (Fsp3) is 0.923. The van der Waals surface area contributed by atoms with Crippen LogP contribution in [-0.4, -0.2) is 48.5 Å². The predicted molar refractivity (Wildman–Crippen MR) is 73.9 cm³/mol. The average Bonchev–Trinajstić information content (AvgIpc) is 2.39. The minimum absolute atomic E-state index is 0.0465. The van der Waals surface area contributed by atoms with Crippen molar-refractivity contribution in [3.8, 4) is 0 Å². The summed E-state index contributed by atoms with van der Waals surface area (Å²) < 4.78 is 28.4. The van der Waals surface area contributed by atoms with Crippen LogP contribution in [0.15, 0.2) is 0 Å². The molecule has 2 saturated heterocycles. The Labute approximate surface area is 116 Å². The van der Waals surface area contributed by atoms with Gasteiger partial charge in [-0.05, 0) is 39.5 Å². The maximum atomic E-state index is 12.6. The Hall–Kier alpha value is -0.460. The predicted octanol–water partition coefficient (Wildman–Crippen LogP) is 1.41. The van der Waals surface area contributed by atoms with E-state index in [1.807, 2.05) is 6.92 Å². The van der Waals surface area contributed by atoms with Gasteiger partial charge in [-0.2, -0.15) is 17.0 Å². The third-order valence-corrected chi connectivity index (χ3v) is 6.55. The van der Waals surface area contributed by atoms with Gasteiger partial charge < -0.3 is 0 Å². The Balaban J connectivity index is 2.03. The van der Waals surface area contributed by atoms with Crippen molar-refractivity contribution in [2.75, 3.05) is 19.6 Å². The highest BCUT2D eigenvalue weighted by Crippen LogP contribution is 2.26. The van der Waals surface area contributed by atoms with E-state index in [0.29, 0.717) is 32.5 Å². The maximum Gasteiger partial charge on any atom is 0.282 e. The summed E-state index contributed by atoms with van der Waals surface area (Å²) in [4.78, 5) is 11.3. The Morgan fingerprint density at radius 3 is 2.21 bits per heavy atom. The quantitative estimate of drug-likeness (QED) is 0.789. The monoisotopic (exact) mass is 288 g/mol. The van der Waals surface area contributed by atoms with Gasteiger partial charge >= 0.3 is 0 Å². The molecule has 2 rings (SSSR count). The molecule has 0 N–H and O–H groups in total. The summed E-state index contributed by atoms with van der Waals surface area (Å²) in [5.74, 6) is 0.230. The van der Waals surface area contributed by atoms with Crippen molar-refractivity contribution >= 4 is 16.0 Å². The van der Waals surface area contributed by atoms with Gasteiger partial charge in [0.1, 0.15) is 5.78 Å². The van der Waals surface area contributed by atoms with Crippen molar-refractivity contribution in [1.82, 2.24) is 8.61 Å². The minimum Gasteiger partial charge on any atom is -0.300 e. The molecule has 2 heterocycles. The zero-order chi connectivity index (χ0) is 14.0. The first-order valence-corrected chi connectivity index (χ1v) is 8.60. The van der Waals surface area contributed by atoms with Crippen molar-refractivity contribution in [2.45, 2.75) is 52.0 Å². The fourth-order valence-electron chi connectivity index (χ4n) is 3.06. The summed E-state index contributed by atoms with van der Waals surface area (Å²) >= 11 is 0. The highest BCUT2D eigenvalue weighted by molar-refractivity contribution is 7.86. The lowest BCUT2D eigenvalue weighted by Crippen LogP contribution is -2.52. The molecule has 0 spiro atoms. The number of ketones is 1. The van der Waals surface area contributed by atoms with Gasteiger partial charge in [0, 0.05) is 31.6 Å². The van der Waals surface area contributed by atoms with E-state index in [-0.39, 0.29) is 17.7 Å². The SMILES string of the molecule is CC(=O)C1CCN(S(=O)(=O)N2CCCCC2C)CC1. The normalized spacial score (nSPS) is 28.4. The van der Waals surface area contributed by atoms with Gasteiger partial charge in [0.2, 0.25) is 0 Å². The second-order valence-corrected chi connectivity index (χ2v) is 7.63. The summed E-state index contributed by atoms with van der Waals surface area (Å²) in [7, 11) is -3.33. The first-order valence-electron chi connectivity index (χ1n) is 7.20. The molecule has 0 amide bonds. The summed E-state index contributed by atoms with van der Waals surface area (Å²) in [6, 6.07) is 0.101. The van der Waals surface area contributed by atoms with Crippen LogP contribution in [0.25, 0.3) is 0 Å². The highest BCUT2D eigenvalue weighted by atomic mass is 32.2. The number of piperidine rings is 2. The van der Waals surface area contributed by atoms with Gasteiger partial charge in [0.25, 0.3) is 10.2 Å². The van der Waals surface area contributed by atoms with Crippen molar-refractivity contribution in [2.24, 2.45) is 5.92 Å². The lowest BCUT2D eigenvalue weighted by atomic mass is 9.95. The molecule has 1 atom stereocenters. The Bertz CT molecular complexity index is 427. The largest absolute Gasteiger partial charge is 0.300 e. The van der Waals surface area contributed by atoms with Crippen LogP contribution in [-0.2, 0) is 15.0 Å². The van der Waals surface area contributed by atoms with Crippen molar-refractivity contribution in [3.63, 3.8) is 0 Å². The molecule has 0 bridgehead atoms. The Kier molecular flexibility index (Phi) is 4.63. The van der Waals surface area contributed by atoms with E-state index >= 15 is 0 Å². The number of carbonyl (C=O) groups is 1. The van der Waals surface area contributed by atoms with Gasteiger partial charge in [-0.15, -0.1) is 0 Å². The van der Waals surface area contributed by atoms with Crippen molar-refractivity contribution < 1.29 is 13.2 Å². The zero-order valence-electron chi connectivity index (χ0n) is 11.8. The van der Waals surface area contributed by atoms with Crippen LogP contribution in [0, 0.1) is 5.92 Å². The van der Waals surface area contributed by atoms with Gasteiger partial charge in [-0.3, -0.25) is 4.79 Å². The molecule has 1 unspecified atom stereocenters. The van der Waals surface area contributed by atoms with Gasteiger partial charge in [0.05, 0.1) is 0 Å². The van der Waals surface area contributed by atoms with Gasteiger partial charge in [-0.1, -0.05) is 6.42 Å². The summed E-state index contributed by atoms with van der Waals surface area (Å²) in [6.45, 7) is 5.18. The smallest absolute Gasteiger partial charge is 0.282 e. The fourth-order valence-corrected chi connectivity index (χ4v) is 4.94. The molecule has 0 aromatic heterocycles. The van der Waals surface area contributed by atoms with Crippen LogP contribution in [0.5, 0.6) is 0 Å². The second kappa shape index (κ2) is 5.89. The van der Waals surface area contributed by atoms with Crippen LogP contribution in [0.4, 0.5) is 0 Å². The first-order chi connectivity index (χ1) is 8.93. The summed E-state index contributed by atoms with van der Waals surface area (Å²) in [6.07, 6.45) is 4.34. The molecule has 2 aliphatic heterocycles. The first kappa shape index (κ1) is 14.9. The van der Waals surface area contributed by atoms with E-state index in [9.17, 15) is 13.2 Å². The lowest BCUT2D eigenvalue weighted by molar-refractivity contribution is -0.121. The molecule has 0 aromatic carbocycles. The van der Waals surface area contributed by atoms with Crippen molar-refractivity contribution in [3.05, 3.63) is 0 Å². The molecule has 5 nitrogen and oxygen atoms in total. The third-order valence-electron chi connectivity index (χ3n) is 4.39. The number of nitrogens with zero attached hydrogens (tertiary/aromatic N) is 2. The van der Waals surface area contributed by atoms with Crippen LogP contribution >= 0.6 is 0 Å². The molecular formula is C13H24N2O3S. The number of Topliss-reactive ketones (excluding diaryl/α,β-unsaturated/α-hetero) is 1. The van der Waals surface area contributed by atoms with E-state index in [2.05, 4.69) is 0 Å². The molecular weight excluding hydrogens is 264 g/mol. The highest BCUT2D eigenvalue weighted by Gasteiger charge is 2.36. The van der Waals surface area contributed by atoms with Crippen LogP contribution in [0.1, 0.15) is 46.0 Å². The van der Waals surface area contributed by atoms with E-state index in [4.69, 9.17) is 0 Å². The number of carbonyl (C=O) groups excluding carboxylic acids is 1. The van der Waals surface area contributed by atoms with E-state index in [1.165, 1.54) is 0 Å². The molecule has 6 heteroatoms. The van der Waals surface area contributed by atoms with E-state index < -0.39 is 10.2 Å². The molecule has 19 heavy (non-hydrogen) atoms. The molecule has 0 aromatic rings. The van der Waals surface area contributed by atoms with Gasteiger partial charge in [0.15, 0.2) is 0 Å². The topological polar surface area (TPSA) is 57.7 Å². The van der Waals surface area contributed by atoms with Crippen LogP contribution in [0.3, 0.4) is 0 Å². The van der Waals surface area contributed by atoms with Crippen LogP contribution in [0.2, 0.25) is 0 Å². The average molecular weight is 288 g/mol. The summed E-state index contributed by atoms with van der Waals surface area (Å²) in [5.41, 5.74) is 0. The Morgan fingerprint density at radius 2 is 1.68 bits per heavy atom. The molecule has 2 aliphatic rings. The van der Waals surface area contributed by atoms with E-state index in [0.717, 1.165) is 19.3 Å². The minimum atomic E-state index is -3.33. The molecule has 0 radical (unpaired) electrons. The zero-order valence-corrected chi connectivity index (χ0v) is 12.7. The number of hydrogen-bond acceptors (Lipinski definition) is 3. The summed E-state index contributed by atoms with van der Waals surface area (Å²) in [5, 5.41) is 0. The third kappa shape index (κ3) is 3.17. The number of rotatable bonds is 3. The standard InChI is InChI=1S/C13H24N2O3S/c1-11-5-3-4-8-15(11)19(17,18)14-9-6-13(7-10-14)12(2)16/h11,13H,3-10H2,1-2H3. The van der Waals surface area contributed by atoms with Crippen LogP contribution < -0.4 is 0 Å². The Morgan fingerprint density at radius 1 is 1.05 bits per heavy atom. The van der Waals surface area contributed by atoms with Crippen molar-refractivity contribution in [1.29, 1.82) is 0 Å². The second-order valence-electron chi connectivity index (χ2n) is 5.75. The molecule has 0 aliphatic carbocycles. The molecule has 110 valence electrons.